The first-order chi connectivity index (χ1) is 15.0. The van der Waals surface area contributed by atoms with Crippen molar-refractivity contribution in [3.8, 4) is 0 Å². The Morgan fingerprint density at radius 2 is 2.00 bits per heavy atom. The van der Waals surface area contributed by atoms with Crippen LogP contribution in [0.3, 0.4) is 0 Å². The number of aryl methyl sites for hydroxylation is 2. The molecule has 1 amide bonds. The van der Waals surface area contributed by atoms with Crippen molar-refractivity contribution >= 4 is 5.91 Å². The van der Waals surface area contributed by atoms with E-state index in [2.05, 4.69) is 10.00 Å². The summed E-state index contributed by atoms with van der Waals surface area (Å²) in [6.45, 7) is 6.58. The van der Waals surface area contributed by atoms with Crippen molar-refractivity contribution in [2.75, 3.05) is 32.8 Å². The van der Waals surface area contributed by atoms with Gasteiger partial charge in [-0.3, -0.25) is 14.4 Å². The number of hydrogen-bond donors (Lipinski definition) is 0. The van der Waals surface area contributed by atoms with Crippen molar-refractivity contribution in [3.05, 3.63) is 53.1 Å². The molecule has 168 valence electrons. The van der Waals surface area contributed by atoms with Gasteiger partial charge >= 0.3 is 0 Å². The van der Waals surface area contributed by atoms with E-state index < -0.39 is 0 Å². The lowest BCUT2D eigenvalue weighted by Gasteiger charge is -2.35. The van der Waals surface area contributed by atoms with Crippen LogP contribution in [0.4, 0.5) is 4.39 Å². The number of amides is 1. The lowest BCUT2D eigenvalue weighted by atomic mass is 9.95. The molecule has 0 radical (unpaired) electrons. The Hall–Kier alpha value is -2.25. The average Bonchev–Trinajstić information content (AvgIpc) is 3.40. The fourth-order valence-electron chi connectivity index (χ4n) is 4.61. The molecule has 0 N–H and O–H groups in total. The molecule has 2 aliphatic heterocycles. The highest BCUT2D eigenvalue weighted by molar-refractivity contribution is 5.92. The molecule has 0 saturated carbocycles. The first-order valence-corrected chi connectivity index (χ1v) is 11.4. The second-order valence-corrected chi connectivity index (χ2v) is 8.95. The van der Waals surface area contributed by atoms with Crippen LogP contribution in [-0.4, -0.2) is 64.4 Å². The third-order valence-corrected chi connectivity index (χ3v) is 6.61. The van der Waals surface area contributed by atoms with Gasteiger partial charge in [0.05, 0.1) is 6.10 Å². The van der Waals surface area contributed by atoms with Crippen molar-refractivity contribution in [1.29, 1.82) is 0 Å². The summed E-state index contributed by atoms with van der Waals surface area (Å²) in [5.74, 6) is 0.295. The standard InChI is InChI=1S/C24H33FN4O2/c1-18-14-23(26-27(18)2)24(30)29(17-21-7-5-13-31-21)15-19-9-11-28(12-10-19)16-20-6-3-4-8-22(20)25/h3-4,6,8,14,19,21H,5,7,9-13,15-17H2,1-2H3/t21-/m0/s1. The summed E-state index contributed by atoms with van der Waals surface area (Å²) in [5, 5.41) is 4.41. The van der Waals surface area contributed by atoms with E-state index in [0.29, 0.717) is 24.7 Å². The van der Waals surface area contributed by atoms with E-state index >= 15 is 0 Å². The average molecular weight is 429 g/mol. The van der Waals surface area contributed by atoms with Crippen LogP contribution in [-0.2, 0) is 18.3 Å². The van der Waals surface area contributed by atoms with Crippen molar-refractivity contribution in [2.45, 2.75) is 45.3 Å². The van der Waals surface area contributed by atoms with Crippen LogP contribution in [0.1, 0.15) is 47.4 Å². The van der Waals surface area contributed by atoms with Crippen LogP contribution in [0.5, 0.6) is 0 Å². The molecule has 0 spiro atoms. The van der Waals surface area contributed by atoms with E-state index in [-0.39, 0.29) is 17.8 Å². The highest BCUT2D eigenvalue weighted by atomic mass is 19.1. The summed E-state index contributed by atoms with van der Waals surface area (Å²) in [5.41, 5.74) is 2.23. The molecule has 2 fully saturated rings. The molecule has 4 rings (SSSR count). The Bertz CT molecular complexity index is 866. The number of piperidine rings is 1. The number of rotatable bonds is 7. The highest BCUT2D eigenvalue weighted by Crippen LogP contribution is 2.23. The number of hydrogen-bond acceptors (Lipinski definition) is 4. The molecule has 1 aromatic heterocycles. The van der Waals surface area contributed by atoms with Gasteiger partial charge in [-0.05, 0) is 63.7 Å². The molecule has 6 nitrogen and oxygen atoms in total. The minimum Gasteiger partial charge on any atom is -0.376 e. The normalized spacial score (nSPS) is 20.3. The molecular formula is C24H33FN4O2. The second kappa shape index (κ2) is 9.92. The van der Waals surface area contributed by atoms with Gasteiger partial charge < -0.3 is 9.64 Å². The first kappa shape index (κ1) is 22.0. The maximum atomic E-state index is 14.0. The molecule has 1 atom stereocenters. The van der Waals surface area contributed by atoms with Crippen LogP contribution < -0.4 is 0 Å². The Morgan fingerprint density at radius 1 is 1.23 bits per heavy atom. The fourth-order valence-corrected chi connectivity index (χ4v) is 4.61. The van der Waals surface area contributed by atoms with E-state index in [1.54, 1.807) is 10.7 Å². The molecule has 2 saturated heterocycles. The Labute approximate surface area is 184 Å². The molecule has 3 heterocycles. The maximum Gasteiger partial charge on any atom is 0.274 e. The van der Waals surface area contributed by atoms with Crippen molar-refractivity contribution < 1.29 is 13.9 Å². The minimum atomic E-state index is -0.136. The first-order valence-electron chi connectivity index (χ1n) is 11.4. The quantitative estimate of drug-likeness (QED) is 0.678. The summed E-state index contributed by atoms with van der Waals surface area (Å²) in [6.07, 6.45) is 4.20. The molecule has 7 heteroatoms. The second-order valence-electron chi connectivity index (χ2n) is 8.95. The number of benzene rings is 1. The molecule has 1 aromatic carbocycles. The number of nitrogens with zero attached hydrogens (tertiary/aromatic N) is 4. The summed E-state index contributed by atoms with van der Waals surface area (Å²) >= 11 is 0. The van der Waals surface area contributed by atoms with Gasteiger partial charge in [0.1, 0.15) is 5.82 Å². The van der Waals surface area contributed by atoms with Gasteiger partial charge in [-0.1, -0.05) is 18.2 Å². The van der Waals surface area contributed by atoms with Gasteiger partial charge in [0, 0.05) is 44.5 Å². The number of halogens is 1. The largest absolute Gasteiger partial charge is 0.376 e. The van der Waals surface area contributed by atoms with Crippen molar-refractivity contribution in [3.63, 3.8) is 0 Å². The topological polar surface area (TPSA) is 50.6 Å². The lowest BCUT2D eigenvalue weighted by molar-refractivity contribution is 0.0439. The van der Waals surface area contributed by atoms with Gasteiger partial charge in [-0.15, -0.1) is 0 Å². The van der Waals surface area contributed by atoms with Crippen LogP contribution in [0.2, 0.25) is 0 Å². The number of ether oxygens (including phenoxy) is 1. The summed E-state index contributed by atoms with van der Waals surface area (Å²) in [7, 11) is 1.86. The Kier molecular flexibility index (Phi) is 7.02. The number of carbonyl (C=O) groups is 1. The van der Waals surface area contributed by atoms with E-state index in [1.807, 2.05) is 37.1 Å². The smallest absolute Gasteiger partial charge is 0.274 e. The monoisotopic (exact) mass is 428 g/mol. The molecule has 2 aliphatic rings. The predicted octanol–water partition coefficient (Wildman–Crippen LogP) is 3.40. The molecule has 0 aliphatic carbocycles. The zero-order valence-corrected chi connectivity index (χ0v) is 18.6. The predicted molar refractivity (Wildman–Crippen MR) is 117 cm³/mol. The Balaban J connectivity index is 1.36. The zero-order chi connectivity index (χ0) is 21.8. The number of aromatic nitrogens is 2. The molecular weight excluding hydrogens is 395 g/mol. The van der Waals surface area contributed by atoms with Crippen LogP contribution >= 0.6 is 0 Å². The van der Waals surface area contributed by atoms with Crippen LogP contribution in [0.25, 0.3) is 0 Å². The van der Waals surface area contributed by atoms with Crippen molar-refractivity contribution in [2.24, 2.45) is 13.0 Å². The highest BCUT2D eigenvalue weighted by Gasteiger charge is 2.29. The van der Waals surface area contributed by atoms with Crippen molar-refractivity contribution in [1.82, 2.24) is 19.6 Å². The summed E-state index contributed by atoms with van der Waals surface area (Å²) < 4.78 is 21.5. The maximum absolute atomic E-state index is 14.0. The molecule has 0 bridgehead atoms. The minimum absolute atomic E-state index is 0.00649. The third kappa shape index (κ3) is 5.52. The lowest BCUT2D eigenvalue weighted by Crippen LogP contribution is -2.43. The van der Waals surface area contributed by atoms with Crippen LogP contribution in [0, 0.1) is 18.7 Å². The summed E-state index contributed by atoms with van der Waals surface area (Å²) in [6, 6.07) is 8.86. The third-order valence-electron chi connectivity index (χ3n) is 6.61. The molecule has 0 unspecified atom stereocenters. The zero-order valence-electron chi connectivity index (χ0n) is 18.6. The Morgan fingerprint density at radius 3 is 2.65 bits per heavy atom. The van der Waals surface area contributed by atoms with Gasteiger partial charge in [0.2, 0.25) is 0 Å². The van der Waals surface area contributed by atoms with Gasteiger partial charge in [0.25, 0.3) is 5.91 Å². The fraction of sp³-hybridized carbons (Fsp3) is 0.583. The van der Waals surface area contributed by atoms with E-state index in [9.17, 15) is 9.18 Å². The van der Waals surface area contributed by atoms with E-state index in [4.69, 9.17) is 4.74 Å². The van der Waals surface area contributed by atoms with Gasteiger partial charge in [-0.25, -0.2) is 4.39 Å². The molecule has 31 heavy (non-hydrogen) atoms. The SMILES string of the molecule is Cc1cc(C(=O)N(CC2CCN(Cc3ccccc3F)CC2)C[C@@H]2CCCO2)nn1C. The van der Waals surface area contributed by atoms with E-state index in [1.165, 1.54) is 6.07 Å². The van der Waals surface area contributed by atoms with Crippen LogP contribution in [0.15, 0.2) is 30.3 Å². The summed E-state index contributed by atoms with van der Waals surface area (Å²) in [4.78, 5) is 17.5. The van der Waals surface area contributed by atoms with Gasteiger partial charge in [-0.2, -0.15) is 5.10 Å². The molecule has 2 aromatic rings. The van der Waals surface area contributed by atoms with Gasteiger partial charge in [0.15, 0.2) is 5.69 Å². The van der Waals surface area contributed by atoms with E-state index in [0.717, 1.165) is 63.2 Å². The number of likely N-dealkylation sites (tertiary alicyclic amines) is 1. The number of carbonyl (C=O) groups excluding carboxylic acids is 1.